The maximum absolute atomic E-state index is 13.4. The summed E-state index contributed by atoms with van der Waals surface area (Å²) in [5.41, 5.74) is 3.26. The van der Waals surface area contributed by atoms with E-state index in [-0.39, 0.29) is 24.1 Å². The molecule has 0 bridgehead atoms. The normalized spacial score (nSPS) is 12.0. The number of benzene rings is 3. The third-order valence-corrected chi connectivity index (χ3v) is 8.11. The standard InChI is InChI=1S/C34H39N5O6S/c1-5-42-26-15-13-25(14-16-26)39-30(36-37-34(39)46-22-31(40)38-18-17-23-11-9-10-12-27(23)38)21-35-33(41)24-19-28(43-6-2)32(45-8-4)29(20-24)44-7-3/h9-16,19-20H,5-8,17-18,21-22H2,1-4H3,(H,35,41). The fourth-order valence-corrected chi connectivity index (χ4v) is 6.06. The second-order valence-corrected chi connectivity index (χ2v) is 11.1. The molecule has 11 nitrogen and oxygen atoms in total. The first-order valence-electron chi connectivity index (χ1n) is 15.5. The average molecular weight is 646 g/mol. The number of fused-ring (bicyclic) bond motifs is 1. The molecule has 2 heterocycles. The Morgan fingerprint density at radius 2 is 1.52 bits per heavy atom. The maximum atomic E-state index is 13.4. The van der Waals surface area contributed by atoms with Gasteiger partial charge in [-0.1, -0.05) is 30.0 Å². The van der Waals surface area contributed by atoms with E-state index in [4.69, 9.17) is 18.9 Å². The number of rotatable bonds is 15. The molecule has 12 heteroatoms. The Morgan fingerprint density at radius 1 is 0.848 bits per heavy atom. The Morgan fingerprint density at radius 3 is 2.20 bits per heavy atom. The number of carbonyl (C=O) groups excluding carboxylic acids is 2. The van der Waals surface area contributed by atoms with Crippen molar-refractivity contribution in [1.29, 1.82) is 0 Å². The monoisotopic (exact) mass is 645 g/mol. The second-order valence-electron chi connectivity index (χ2n) is 10.2. The number of thioether (sulfide) groups is 1. The first-order valence-corrected chi connectivity index (χ1v) is 16.5. The second kappa shape index (κ2) is 15.5. The fourth-order valence-electron chi connectivity index (χ4n) is 5.21. The molecule has 0 unspecified atom stereocenters. The summed E-state index contributed by atoms with van der Waals surface area (Å²) in [7, 11) is 0. The molecule has 2 amide bonds. The lowest BCUT2D eigenvalue weighted by Gasteiger charge is -2.17. The Balaban J connectivity index is 1.37. The number of para-hydroxylation sites is 1. The smallest absolute Gasteiger partial charge is 0.251 e. The molecule has 46 heavy (non-hydrogen) atoms. The summed E-state index contributed by atoms with van der Waals surface area (Å²) in [6.07, 6.45) is 0.839. The Kier molecular flexibility index (Phi) is 11.0. The van der Waals surface area contributed by atoms with Crippen LogP contribution in [-0.4, -0.2) is 65.3 Å². The molecule has 0 radical (unpaired) electrons. The lowest BCUT2D eigenvalue weighted by molar-refractivity contribution is -0.116. The van der Waals surface area contributed by atoms with Crippen LogP contribution in [0.5, 0.6) is 23.0 Å². The fraction of sp³-hybridized carbons (Fsp3) is 0.353. The number of nitrogens with one attached hydrogen (secondary N) is 1. The molecule has 242 valence electrons. The summed E-state index contributed by atoms with van der Waals surface area (Å²) in [5.74, 6) is 2.40. The van der Waals surface area contributed by atoms with Crippen LogP contribution in [0.4, 0.5) is 5.69 Å². The quantitative estimate of drug-likeness (QED) is 0.168. The molecule has 0 fully saturated rings. The molecule has 3 aromatic carbocycles. The number of nitrogens with zero attached hydrogens (tertiary/aromatic N) is 4. The van der Waals surface area contributed by atoms with Gasteiger partial charge in [0.1, 0.15) is 5.75 Å². The van der Waals surface area contributed by atoms with Crippen LogP contribution in [0.1, 0.15) is 49.4 Å². The van der Waals surface area contributed by atoms with Gasteiger partial charge in [0.15, 0.2) is 22.5 Å². The van der Waals surface area contributed by atoms with Gasteiger partial charge in [0.25, 0.3) is 5.91 Å². The van der Waals surface area contributed by atoms with E-state index in [1.54, 1.807) is 12.1 Å². The molecule has 0 saturated carbocycles. The van der Waals surface area contributed by atoms with E-state index in [0.717, 1.165) is 23.5 Å². The van der Waals surface area contributed by atoms with Gasteiger partial charge < -0.3 is 29.2 Å². The number of anilines is 1. The van der Waals surface area contributed by atoms with E-state index in [1.807, 2.05) is 79.6 Å². The zero-order valence-corrected chi connectivity index (χ0v) is 27.4. The molecule has 0 atom stereocenters. The summed E-state index contributed by atoms with van der Waals surface area (Å²) >= 11 is 1.31. The number of amides is 2. The molecule has 0 saturated heterocycles. The zero-order valence-electron chi connectivity index (χ0n) is 26.6. The van der Waals surface area contributed by atoms with Gasteiger partial charge in [0, 0.05) is 23.5 Å². The predicted molar refractivity (Wildman–Crippen MR) is 177 cm³/mol. The molecular weight excluding hydrogens is 606 g/mol. The third-order valence-electron chi connectivity index (χ3n) is 7.20. The number of ether oxygens (including phenoxy) is 4. The van der Waals surface area contributed by atoms with Gasteiger partial charge in [-0.15, -0.1) is 10.2 Å². The van der Waals surface area contributed by atoms with Gasteiger partial charge >= 0.3 is 0 Å². The predicted octanol–water partition coefficient (Wildman–Crippen LogP) is 5.47. The van der Waals surface area contributed by atoms with Crippen LogP contribution in [0.25, 0.3) is 5.69 Å². The van der Waals surface area contributed by atoms with Gasteiger partial charge in [-0.05, 0) is 82.1 Å². The molecule has 0 aliphatic carbocycles. The van der Waals surface area contributed by atoms with E-state index in [1.165, 1.54) is 17.3 Å². The minimum absolute atomic E-state index is 0.00301. The van der Waals surface area contributed by atoms with E-state index >= 15 is 0 Å². The van der Waals surface area contributed by atoms with Crippen LogP contribution < -0.4 is 29.2 Å². The highest BCUT2D eigenvalue weighted by molar-refractivity contribution is 7.99. The SMILES string of the molecule is CCOc1ccc(-n2c(CNC(=O)c3cc(OCC)c(OCC)c(OCC)c3)nnc2SCC(=O)N2CCc3ccccc32)cc1. The van der Waals surface area contributed by atoms with Gasteiger partial charge in [-0.2, -0.15) is 0 Å². The van der Waals surface area contributed by atoms with Crippen LogP contribution in [-0.2, 0) is 17.8 Å². The molecular formula is C34H39N5O6S. The van der Waals surface area contributed by atoms with Crippen molar-refractivity contribution in [3.05, 3.63) is 77.6 Å². The summed E-state index contributed by atoms with van der Waals surface area (Å²) in [4.78, 5) is 28.5. The third kappa shape index (κ3) is 7.39. The highest BCUT2D eigenvalue weighted by atomic mass is 32.2. The van der Waals surface area contributed by atoms with Crippen molar-refractivity contribution in [2.45, 2.75) is 45.8 Å². The van der Waals surface area contributed by atoms with E-state index in [2.05, 4.69) is 21.6 Å². The zero-order chi connectivity index (χ0) is 32.5. The van der Waals surface area contributed by atoms with Crippen LogP contribution in [0.3, 0.4) is 0 Å². The van der Waals surface area contributed by atoms with Gasteiger partial charge in [-0.25, -0.2) is 0 Å². The van der Waals surface area contributed by atoms with E-state index < -0.39 is 0 Å². The van der Waals surface area contributed by atoms with Crippen molar-refractivity contribution in [1.82, 2.24) is 20.1 Å². The highest BCUT2D eigenvalue weighted by Crippen LogP contribution is 2.39. The van der Waals surface area contributed by atoms with E-state index in [0.29, 0.717) is 66.8 Å². The molecule has 1 aliphatic rings. The summed E-state index contributed by atoms with van der Waals surface area (Å²) in [6.45, 7) is 10.0. The minimum atomic E-state index is -0.344. The van der Waals surface area contributed by atoms with Gasteiger partial charge in [-0.3, -0.25) is 14.2 Å². The molecule has 5 rings (SSSR count). The van der Waals surface area contributed by atoms with Crippen molar-refractivity contribution in [2.24, 2.45) is 0 Å². The van der Waals surface area contributed by atoms with Gasteiger partial charge in [0.2, 0.25) is 11.7 Å². The summed E-state index contributed by atoms with van der Waals surface area (Å²) in [6, 6.07) is 18.8. The lowest BCUT2D eigenvalue weighted by Crippen LogP contribution is -2.30. The molecule has 1 aromatic heterocycles. The Hall–Kier alpha value is -4.71. The van der Waals surface area contributed by atoms with Crippen LogP contribution in [0, 0.1) is 0 Å². The topological polar surface area (TPSA) is 117 Å². The number of hydrogen-bond acceptors (Lipinski definition) is 9. The van der Waals surface area contributed by atoms with Crippen molar-refractivity contribution < 1.29 is 28.5 Å². The van der Waals surface area contributed by atoms with Crippen molar-refractivity contribution in [2.75, 3.05) is 43.6 Å². The first kappa shape index (κ1) is 32.7. The Bertz CT molecular complexity index is 1630. The number of hydrogen-bond donors (Lipinski definition) is 1. The summed E-state index contributed by atoms with van der Waals surface area (Å²) in [5, 5.41) is 12.3. The van der Waals surface area contributed by atoms with Crippen LogP contribution in [0.15, 0.2) is 65.8 Å². The van der Waals surface area contributed by atoms with Crippen molar-refractivity contribution in [3.8, 4) is 28.7 Å². The van der Waals surface area contributed by atoms with Gasteiger partial charge in [0.05, 0.1) is 38.7 Å². The maximum Gasteiger partial charge on any atom is 0.251 e. The summed E-state index contributed by atoms with van der Waals surface area (Å²) < 4.78 is 24.8. The van der Waals surface area contributed by atoms with Crippen LogP contribution >= 0.6 is 11.8 Å². The Labute approximate surface area is 273 Å². The number of aromatic nitrogens is 3. The molecule has 1 N–H and O–H groups in total. The molecule has 4 aromatic rings. The van der Waals surface area contributed by atoms with Crippen molar-refractivity contribution >= 4 is 29.3 Å². The van der Waals surface area contributed by atoms with Crippen molar-refractivity contribution in [3.63, 3.8) is 0 Å². The van der Waals surface area contributed by atoms with E-state index in [9.17, 15) is 9.59 Å². The lowest BCUT2D eigenvalue weighted by atomic mass is 10.1. The van der Waals surface area contributed by atoms with Crippen LogP contribution in [0.2, 0.25) is 0 Å². The average Bonchev–Trinajstić information content (AvgIpc) is 3.69. The minimum Gasteiger partial charge on any atom is -0.494 e. The number of carbonyl (C=O) groups is 2. The largest absolute Gasteiger partial charge is 0.494 e. The highest BCUT2D eigenvalue weighted by Gasteiger charge is 2.26. The molecule has 1 aliphatic heterocycles. The molecule has 0 spiro atoms. The first-order chi connectivity index (χ1) is 22.5.